The monoisotopic (exact) mass is 297 g/mol. The Morgan fingerprint density at radius 2 is 2.29 bits per heavy atom. The van der Waals surface area contributed by atoms with Gasteiger partial charge in [-0.05, 0) is 17.7 Å². The summed E-state index contributed by atoms with van der Waals surface area (Å²) < 4.78 is 6.08. The van der Waals surface area contributed by atoms with Crippen LogP contribution in [0.25, 0.3) is 0 Å². The van der Waals surface area contributed by atoms with Gasteiger partial charge in [0, 0.05) is 17.4 Å². The Morgan fingerprint density at radius 1 is 1.47 bits per heavy atom. The van der Waals surface area contributed by atoms with Crippen molar-refractivity contribution >= 4 is 27.8 Å². The Labute approximate surface area is 108 Å². The highest BCUT2D eigenvalue weighted by molar-refractivity contribution is 9.10. The smallest absolute Gasteiger partial charge is 0.410 e. The second-order valence-electron chi connectivity index (χ2n) is 3.89. The first-order valence-corrected chi connectivity index (χ1v) is 6.12. The molecule has 5 heteroatoms. The van der Waals surface area contributed by atoms with Gasteiger partial charge in [0.25, 0.3) is 0 Å². The lowest BCUT2D eigenvalue weighted by molar-refractivity contribution is -0.116. The first-order valence-electron chi connectivity index (χ1n) is 5.33. The lowest BCUT2D eigenvalue weighted by Crippen LogP contribution is -2.29. The normalized spacial score (nSPS) is 15.1. The summed E-state index contributed by atoms with van der Waals surface area (Å²) in [6, 6.07) is 7.56. The molecule has 0 atom stereocenters. The summed E-state index contributed by atoms with van der Waals surface area (Å²) in [6.45, 7) is 0.871. The molecule has 0 bridgehead atoms. The number of hydrogen-bond donors (Lipinski definition) is 0. The summed E-state index contributed by atoms with van der Waals surface area (Å²) in [5.74, 6) is 0.0874. The molecular weight excluding hydrogens is 286 g/mol. The number of carbonyl (C=O) groups is 2. The third-order valence-electron chi connectivity index (χ3n) is 2.54. The fourth-order valence-corrected chi connectivity index (χ4v) is 2.10. The molecule has 0 aliphatic carbocycles. The molecule has 1 aliphatic heterocycles. The summed E-state index contributed by atoms with van der Waals surface area (Å²) in [5, 5.41) is 0. The summed E-state index contributed by atoms with van der Waals surface area (Å²) in [4.78, 5) is 24.0. The highest BCUT2D eigenvalue weighted by atomic mass is 79.9. The molecule has 2 rings (SSSR count). The number of halogens is 1. The Bertz CT molecular complexity index is 447. The van der Waals surface area contributed by atoms with Gasteiger partial charge in [0.05, 0.1) is 6.54 Å². The van der Waals surface area contributed by atoms with Crippen LogP contribution in [-0.4, -0.2) is 29.9 Å². The average Bonchev–Trinajstić information content (AvgIpc) is 2.73. The lowest BCUT2D eigenvalue weighted by atomic mass is 10.2. The van der Waals surface area contributed by atoms with Gasteiger partial charge in [-0.25, -0.2) is 4.79 Å². The number of likely N-dealkylation sites (tertiary alicyclic amines) is 1. The van der Waals surface area contributed by atoms with Crippen LogP contribution in [0.1, 0.15) is 12.0 Å². The van der Waals surface area contributed by atoms with Crippen LogP contribution >= 0.6 is 15.9 Å². The molecule has 90 valence electrons. The quantitative estimate of drug-likeness (QED) is 0.842. The topological polar surface area (TPSA) is 46.6 Å². The van der Waals surface area contributed by atoms with E-state index >= 15 is 0 Å². The maximum absolute atomic E-state index is 11.6. The van der Waals surface area contributed by atoms with Crippen molar-refractivity contribution < 1.29 is 14.3 Å². The number of carbonyl (C=O) groups excluding carboxylic acids is 2. The Hall–Kier alpha value is -1.36. The highest BCUT2D eigenvalue weighted by Gasteiger charge is 2.24. The van der Waals surface area contributed by atoms with E-state index in [1.165, 1.54) is 4.90 Å². The molecule has 1 saturated heterocycles. The molecule has 0 aromatic heterocycles. The van der Waals surface area contributed by atoms with E-state index in [1.807, 2.05) is 24.3 Å². The third-order valence-corrected chi connectivity index (χ3v) is 3.03. The van der Waals surface area contributed by atoms with Gasteiger partial charge < -0.3 is 9.64 Å². The second kappa shape index (κ2) is 5.31. The van der Waals surface area contributed by atoms with E-state index in [0.717, 1.165) is 10.0 Å². The predicted octanol–water partition coefficient (Wildman–Crippen LogP) is 2.36. The maximum Gasteiger partial charge on any atom is 0.410 e. The van der Waals surface area contributed by atoms with Crippen molar-refractivity contribution in [3.05, 3.63) is 34.3 Å². The molecule has 0 spiro atoms. The van der Waals surface area contributed by atoms with E-state index in [4.69, 9.17) is 4.74 Å². The van der Waals surface area contributed by atoms with Crippen LogP contribution in [0.5, 0.6) is 0 Å². The molecule has 0 saturated carbocycles. The lowest BCUT2D eigenvalue weighted by Gasteiger charge is -2.14. The number of nitrogens with zero attached hydrogens (tertiary/aromatic N) is 1. The number of ether oxygens (including phenoxy) is 1. The number of benzene rings is 1. The first kappa shape index (κ1) is 12.1. The van der Waals surface area contributed by atoms with Gasteiger partial charge in [0.15, 0.2) is 5.78 Å². The van der Waals surface area contributed by atoms with E-state index in [2.05, 4.69) is 15.9 Å². The van der Waals surface area contributed by atoms with Gasteiger partial charge in [-0.15, -0.1) is 0 Å². The molecule has 4 nitrogen and oxygen atoms in total. The predicted molar refractivity (Wildman–Crippen MR) is 65.5 cm³/mol. The molecule has 1 aromatic rings. The summed E-state index contributed by atoms with van der Waals surface area (Å²) >= 11 is 3.35. The molecule has 1 heterocycles. The maximum atomic E-state index is 11.6. The summed E-state index contributed by atoms with van der Waals surface area (Å²) in [6.07, 6.45) is 0.0160. The molecule has 17 heavy (non-hydrogen) atoms. The van der Waals surface area contributed by atoms with Crippen molar-refractivity contribution in [1.82, 2.24) is 4.90 Å². The average molecular weight is 298 g/mol. The fraction of sp³-hybridized carbons (Fsp3) is 0.333. The van der Waals surface area contributed by atoms with Gasteiger partial charge in [0.2, 0.25) is 0 Å². The van der Waals surface area contributed by atoms with Crippen LogP contribution < -0.4 is 0 Å². The van der Waals surface area contributed by atoms with Crippen molar-refractivity contribution in [3.63, 3.8) is 0 Å². The minimum atomic E-state index is -0.421. The summed E-state index contributed by atoms with van der Waals surface area (Å²) in [5.41, 5.74) is 0.915. The van der Waals surface area contributed by atoms with Crippen LogP contribution in [0.15, 0.2) is 28.7 Å². The van der Waals surface area contributed by atoms with Gasteiger partial charge in [-0.2, -0.15) is 0 Å². The van der Waals surface area contributed by atoms with E-state index in [1.54, 1.807) is 0 Å². The zero-order chi connectivity index (χ0) is 12.3. The molecule has 1 amide bonds. The van der Waals surface area contributed by atoms with Crippen LogP contribution in [0, 0.1) is 0 Å². The van der Waals surface area contributed by atoms with Crippen LogP contribution in [0.4, 0.5) is 4.79 Å². The Morgan fingerprint density at radius 3 is 2.94 bits per heavy atom. The number of amides is 1. The van der Waals surface area contributed by atoms with Crippen LogP contribution in [0.2, 0.25) is 0 Å². The molecule has 1 fully saturated rings. The minimum absolute atomic E-state index is 0.0874. The van der Waals surface area contributed by atoms with Gasteiger partial charge in [-0.1, -0.05) is 28.1 Å². The molecule has 1 aliphatic rings. The van der Waals surface area contributed by atoms with Gasteiger partial charge in [0.1, 0.15) is 6.61 Å². The van der Waals surface area contributed by atoms with Crippen molar-refractivity contribution in [2.75, 3.05) is 13.1 Å². The number of hydrogen-bond acceptors (Lipinski definition) is 3. The van der Waals surface area contributed by atoms with E-state index in [9.17, 15) is 9.59 Å². The van der Waals surface area contributed by atoms with Crippen molar-refractivity contribution in [1.29, 1.82) is 0 Å². The Kier molecular flexibility index (Phi) is 3.78. The molecular formula is C12H12BrNO3. The second-order valence-corrected chi connectivity index (χ2v) is 4.81. The first-order chi connectivity index (χ1) is 8.15. The van der Waals surface area contributed by atoms with Crippen molar-refractivity contribution in [2.24, 2.45) is 0 Å². The third kappa shape index (κ3) is 3.30. The summed E-state index contributed by atoms with van der Waals surface area (Å²) in [7, 11) is 0. The largest absolute Gasteiger partial charge is 0.445 e. The Balaban J connectivity index is 1.86. The molecule has 0 unspecified atom stereocenters. The zero-order valence-corrected chi connectivity index (χ0v) is 10.8. The van der Waals surface area contributed by atoms with Gasteiger partial charge in [-0.3, -0.25) is 4.79 Å². The standard InChI is InChI=1S/C12H12BrNO3/c13-10-3-1-2-9(6-10)8-17-12(16)14-5-4-11(15)7-14/h1-3,6H,4-5,7-8H2. The van der Waals surface area contributed by atoms with Crippen molar-refractivity contribution in [3.8, 4) is 0 Å². The molecule has 0 N–H and O–H groups in total. The van der Waals surface area contributed by atoms with Crippen molar-refractivity contribution in [2.45, 2.75) is 13.0 Å². The number of rotatable bonds is 2. The zero-order valence-electron chi connectivity index (χ0n) is 9.19. The van der Waals surface area contributed by atoms with Crippen LogP contribution in [-0.2, 0) is 16.1 Å². The van der Waals surface area contributed by atoms with Gasteiger partial charge >= 0.3 is 6.09 Å². The molecule has 1 aromatic carbocycles. The van der Waals surface area contributed by atoms with E-state index < -0.39 is 6.09 Å². The number of Topliss-reactive ketones (excluding diaryl/α,β-unsaturated/α-hetero) is 1. The van der Waals surface area contributed by atoms with E-state index in [-0.39, 0.29) is 18.9 Å². The molecule has 0 radical (unpaired) electrons. The minimum Gasteiger partial charge on any atom is -0.445 e. The highest BCUT2D eigenvalue weighted by Crippen LogP contribution is 2.13. The van der Waals surface area contributed by atoms with E-state index in [0.29, 0.717) is 13.0 Å². The SMILES string of the molecule is O=C1CCN(C(=O)OCc2cccc(Br)c2)C1. The fourth-order valence-electron chi connectivity index (χ4n) is 1.65. The van der Waals surface area contributed by atoms with Crippen LogP contribution in [0.3, 0.4) is 0 Å². The number of ketones is 1.